The molecule has 0 bridgehead atoms. The predicted molar refractivity (Wildman–Crippen MR) is 96.7 cm³/mol. The topological polar surface area (TPSA) is 64.6 Å². The second-order valence-electron chi connectivity index (χ2n) is 8.73. The molecular formula is C20H29N2O4+. The molecule has 0 spiro atoms. The maximum atomic E-state index is 12.6. The molecule has 3 rings (SSSR count). The van der Waals surface area contributed by atoms with Crippen LogP contribution in [0.1, 0.15) is 46.1 Å². The molecule has 6 nitrogen and oxygen atoms in total. The van der Waals surface area contributed by atoms with Crippen molar-refractivity contribution in [3.63, 3.8) is 0 Å². The summed E-state index contributed by atoms with van der Waals surface area (Å²) in [6.45, 7) is 9.31. The normalized spacial score (nSPS) is 30.1. The second-order valence-corrected chi connectivity index (χ2v) is 8.73. The van der Waals surface area contributed by atoms with Crippen LogP contribution in [-0.4, -0.2) is 40.9 Å². The SMILES string of the molecule is CC(C)(C)OC(=O)N[N@+]12CC[C@]1(C)CC(C(=O)OCc1ccccc1)C2. The van der Waals surface area contributed by atoms with Crippen molar-refractivity contribution < 1.29 is 23.7 Å². The largest absolute Gasteiger partial charge is 0.460 e. The van der Waals surface area contributed by atoms with Gasteiger partial charge in [0.1, 0.15) is 36.8 Å². The lowest BCUT2D eigenvalue weighted by atomic mass is 9.84. The van der Waals surface area contributed by atoms with Gasteiger partial charge in [-0.05, 0) is 33.3 Å². The van der Waals surface area contributed by atoms with E-state index in [1.807, 2.05) is 51.1 Å². The molecule has 2 aliphatic heterocycles. The van der Waals surface area contributed by atoms with Crippen LogP contribution < -0.4 is 5.43 Å². The van der Waals surface area contributed by atoms with E-state index in [0.717, 1.165) is 24.9 Å². The Bertz CT molecular complexity index is 685. The molecule has 3 atom stereocenters. The van der Waals surface area contributed by atoms with Crippen molar-refractivity contribution in [3.05, 3.63) is 35.9 Å². The van der Waals surface area contributed by atoms with Gasteiger partial charge in [0.05, 0.1) is 6.42 Å². The minimum absolute atomic E-state index is 0.132. The van der Waals surface area contributed by atoms with Gasteiger partial charge in [0.15, 0.2) is 0 Å². The molecular weight excluding hydrogens is 332 g/mol. The van der Waals surface area contributed by atoms with Gasteiger partial charge in [0, 0.05) is 6.42 Å². The number of quaternary nitrogens is 1. The molecule has 0 aromatic heterocycles. The number of fused-ring (bicyclic) bond motifs is 1. The van der Waals surface area contributed by atoms with E-state index in [0.29, 0.717) is 11.1 Å². The number of hydrogen-bond donors (Lipinski definition) is 1. The van der Waals surface area contributed by atoms with E-state index in [1.165, 1.54) is 0 Å². The Morgan fingerprint density at radius 2 is 1.96 bits per heavy atom. The Labute approximate surface area is 155 Å². The van der Waals surface area contributed by atoms with Gasteiger partial charge in [0.25, 0.3) is 0 Å². The van der Waals surface area contributed by atoms with Crippen LogP contribution in [0.3, 0.4) is 0 Å². The number of amides is 1. The van der Waals surface area contributed by atoms with Crippen molar-refractivity contribution in [2.45, 2.75) is 58.3 Å². The summed E-state index contributed by atoms with van der Waals surface area (Å²) < 4.78 is 11.3. The zero-order chi connectivity index (χ0) is 19.0. The summed E-state index contributed by atoms with van der Waals surface area (Å²) in [7, 11) is 0. The van der Waals surface area contributed by atoms with Crippen molar-refractivity contribution in [1.82, 2.24) is 5.43 Å². The molecule has 1 amide bonds. The molecule has 2 fully saturated rings. The maximum Gasteiger partial charge on any atom is 0.452 e. The number of ether oxygens (including phenoxy) is 2. The molecule has 2 saturated heterocycles. The smallest absolute Gasteiger partial charge is 0.452 e. The summed E-state index contributed by atoms with van der Waals surface area (Å²) in [5, 5.41) is 0. The van der Waals surface area contributed by atoms with Crippen molar-refractivity contribution in [3.8, 4) is 0 Å². The highest BCUT2D eigenvalue weighted by atomic mass is 16.6. The summed E-state index contributed by atoms with van der Waals surface area (Å²) in [4.78, 5) is 24.8. The fraction of sp³-hybridized carbons (Fsp3) is 0.600. The average Bonchev–Trinajstić information content (AvgIpc) is 2.74. The van der Waals surface area contributed by atoms with Crippen molar-refractivity contribution >= 4 is 12.1 Å². The minimum atomic E-state index is -0.544. The Morgan fingerprint density at radius 1 is 1.27 bits per heavy atom. The van der Waals surface area contributed by atoms with Crippen LogP contribution in [0.2, 0.25) is 0 Å². The van der Waals surface area contributed by atoms with Crippen molar-refractivity contribution in [1.29, 1.82) is 0 Å². The molecule has 6 heteroatoms. The first-order chi connectivity index (χ1) is 12.1. The fourth-order valence-corrected chi connectivity index (χ4v) is 4.04. The first-order valence-corrected chi connectivity index (χ1v) is 9.22. The Morgan fingerprint density at radius 3 is 2.54 bits per heavy atom. The third-order valence-corrected chi connectivity index (χ3v) is 5.55. The van der Waals surface area contributed by atoms with Gasteiger partial charge in [-0.25, -0.2) is 9.39 Å². The van der Waals surface area contributed by atoms with E-state index in [9.17, 15) is 9.59 Å². The van der Waals surface area contributed by atoms with Gasteiger partial charge >= 0.3 is 12.1 Å². The van der Waals surface area contributed by atoms with E-state index in [-0.39, 0.29) is 24.0 Å². The number of benzene rings is 1. The molecule has 2 heterocycles. The van der Waals surface area contributed by atoms with E-state index in [2.05, 4.69) is 12.3 Å². The van der Waals surface area contributed by atoms with E-state index in [1.54, 1.807) is 0 Å². The molecule has 1 aromatic rings. The first-order valence-electron chi connectivity index (χ1n) is 9.22. The molecule has 26 heavy (non-hydrogen) atoms. The third-order valence-electron chi connectivity index (χ3n) is 5.55. The maximum absolute atomic E-state index is 12.6. The molecule has 0 saturated carbocycles. The zero-order valence-electron chi connectivity index (χ0n) is 16.1. The van der Waals surface area contributed by atoms with E-state index >= 15 is 0 Å². The van der Waals surface area contributed by atoms with Gasteiger partial charge in [-0.3, -0.25) is 4.79 Å². The van der Waals surface area contributed by atoms with Crippen LogP contribution in [0.5, 0.6) is 0 Å². The van der Waals surface area contributed by atoms with Crippen LogP contribution >= 0.6 is 0 Å². The monoisotopic (exact) mass is 361 g/mol. The van der Waals surface area contributed by atoms with Gasteiger partial charge in [0.2, 0.25) is 0 Å². The lowest BCUT2D eigenvalue weighted by molar-refractivity contribution is -1.03. The number of esters is 1. The predicted octanol–water partition coefficient (Wildman–Crippen LogP) is 3.17. The third kappa shape index (κ3) is 3.70. The Kier molecular flexibility index (Phi) is 4.73. The van der Waals surface area contributed by atoms with Crippen molar-refractivity contribution in [2.75, 3.05) is 13.1 Å². The van der Waals surface area contributed by atoms with Crippen LogP contribution in [0, 0.1) is 5.92 Å². The van der Waals surface area contributed by atoms with Crippen LogP contribution in [-0.2, 0) is 20.9 Å². The first kappa shape index (κ1) is 18.7. The molecule has 1 N–H and O–H groups in total. The summed E-state index contributed by atoms with van der Waals surface area (Å²) >= 11 is 0. The lowest BCUT2D eigenvalue weighted by Crippen LogP contribution is -2.76. The highest BCUT2D eigenvalue weighted by Crippen LogP contribution is 2.49. The molecule has 0 aliphatic carbocycles. The van der Waals surface area contributed by atoms with Gasteiger partial charge in [-0.1, -0.05) is 30.3 Å². The van der Waals surface area contributed by atoms with Crippen molar-refractivity contribution in [2.24, 2.45) is 5.92 Å². The lowest BCUT2D eigenvalue weighted by Gasteiger charge is -2.53. The number of nitrogens with one attached hydrogen (secondary N) is 1. The Hall–Kier alpha value is -2.08. The molecule has 1 unspecified atom stereocenters. The summed E-state index contributed by atoms with van der Waals surface area (Å²) in [5.41, 5.74) is 3.32. The number of carbonyl (C=O) groups excluding carboxylic acids is 2. The summed E-state index contributed by atoms with van der Waals surface area (Å²) in [6, 6.07) is 9.67. The minimum Gasteiger partial charge on any atom is -0.460 e. The van der Waals surface area contributed by atoms with Gasteiger partial charge in [-0.2, -0.15) is 5.43 Å². The average molecular weight is 361 g/mol. The van der Waals surface area contributed by atoms with Gasteiger partial charge in [-0.15, -0.1) is 0 Å². The van der Waals surface area contributed by atoms with E-state index < -0.39 is 11.7 Å². The highest BCUT2D eigenvalue weighted by Gasteiger charge is 2.66. The van der Waals surface area contributed by atoms with Crippen LogP contribution in [0.25, 0.3) is 0 Å². The second kappa shape index (κ2) is 6.58. The summed E-state index contributed by atoms with van der Waals surface area (Å²) in [6.07, 6.45) is 1.27. The standard InChI is InChI=1S/C20H28N2O4/c1-19(2,3)26-18(24)21-22-11-10-20(22,4)12-16(13-22)17(23)25-14-15-8-6-5-7-9-15/h5-9,16H,10-14H2,1-4H3/p+1/t16?,20-,22+/m1/s1. The highest BCUT2D eigenvalue weighted by molar-refractivity contribution is 5.73. The van der Waals surface area contributed by atoms with Crippen LogP contribution in [0.4, 0.5) is 4.79 Å². The fourth-order valence-electron chi connectivity index (χ4n) is 4.04. The quantitative estimate of drug-likeness (QED) is 0.661. The number of hydrogen-bond acceptors (Lipinski definition) is 4. The number of nitrogens with zero attached hydrogens (tertiary/aromatic N) is 1. The molecule has 2 aliphatic rings. The molecule has 0 radical (unpaired) electrons. The van der Waals surface area contributed by atoms with Crippen LogP contribution in [0.15, 0.2) is 30.3 Å². The zero-order valence-corrected chi connectivity index (χ0v) is 16.1. The summed E-state index contributed by atoms with van der Waals surface area (Å²) in [5.74, 6) is -0.394. The molecule has 142 valence electrons. The van der Waals surface area contributed by atoms with Gasteiger partial charge < -0.3 is 9.47 Å². The Balaban J connectivity index is 1.60. The molecule has 1 aromatic carbocycles. The number of carbonyl (C=O) groups is 2. The number of rotatable bonds is 4. The van der Waals surface area contributed by atoms with E-state index in [4.69, 9.17) is 9.47 Å².